The van der Waals surface area contributed by atoms with Crippen molar-refractivity contribution in [1.82, 2.24) is 5.32 Å². The van der Waals surface area contributed by atoms with Gasteiger partial charge in [-0.2, -0.15) is 13.2 Å². The van der Waals surface area contributed by atoms with Gasteiger partial charge in [-0.05, 0) is 30.2 Å². The van der Waals surface area contributed by atoms with E-state index in [0.29, 0.717) is 24.3 Å². The predicted molar refractivity (Wildman–Crippen MR) is 73.8 cm³/mol. The van der Waals surface area contributed by atoms with Gasteiger partial charge < -0.3 is 16.0 Å². The van der Waals surface area contributed by atoms with E-state index in [1.807, 2.05) is 4.90 Å². The molecule has 7 heteroatoms. The predicted octanol–water partition coefficient (Wildman–Crippen LogP) is 1.88. The van der Waals surface area contributed by atoms with Crippen molar-refractivity contribution < 1.29 is 18.0 Å². The maximum atomic E-state index is 12.7. The van der Waals surface area contributed by atoms with Crippen LogP contribution in [0.15, 0.2) is 18.2 Å². The molecule has 1 aliphatic heterocycles. The van der Waals surface area contributed by atoms with Crippen LogP contribution in [0.5, 0.6) is 0 Å². The summed E-state index contributed by atoms with van der Waals surface area (Å²) in [4.78, 5) is 13.0. The Kier molecular flexibility index (Phi) is 4.41. The molecule has 0 radical (unpaired) electrons. The van der Waals surface area contributed by atoms with Gasteiger partial charge in [0, 0.05) is 38.3 Å². The number of anilines is 1. The van der Waals surface area contributed by atoms with Crippen LogP contribution in [0.1, 0.15) is 24.5 Å². The van der Waals surface area contributed by atoms with Gasteiger partial charge in [-0.15, -0.1) is 0 Å². The van der Waals surface area contributed by atoms with Crippen LogP contribution >= 0.6 is 0 Å². The zero-order chi connectivity index (χ0) is 15.6. The Morgan fingerprint density at radius 3 is 2.76 bits per heavy atom. The summed E-state index contributed by atoms with van der Waals surface area (Å²) in [5.41, 5.74) is 6.06. The molecule has 2 rings (SSSR count). The number of nitrogens with two attached hydrogens (primary N) is 1. The second-order valence-corrected chi connectivity index (χ2v) is 5.18. The number of halogens is 3. The van der Waals surface area contributed by atoms with Gasteiger partial charge in [0.15, 0.2) is 0 Å². The smallest absolute Gasteiger partial charge is 0.369 e. The van der Waals surface area contributed by atoms with Crippen molar-refractivity contribution in [2.75, 3.05) is 18.0 Å². The van der Waals surface area contributed by atoms with E-state index in [4.69, 9.17) is 5.73 Å². The molecule has 0 aliphatic carbocycles. The number of hydrogen-bond acceptors (Lipinski definition) is 3. The van der Waals surface area contributed by atoms with Gasteiger partial charge in [-0.1, -0.05) is 0 Å². The number of alkyl halides is 3. The van der Waals surface area contributed by atoms with Crippen molar-refractivity contribution in [3.8, 4) is 0 Å². The highest BCUT2D eigenvalue weighted by atomic mass is 19.4. The number of nitrogens with one attached hydrogen (secondary N) is 1. The first-order valence-electron chi connectivity index (χ1n) is 6.73. The maximum absolute atomic E-state index is 12.7. The molecule has 1 aliphatic rings. The van der Waals surface area contributed by atoms with Crippen LogP contribution in [0.4, 0.5) is 18.9 Å². The van der Waals surface area contributed by atoms with Crippen molar-refractivity contribution >= 4 is 11.6 Å². The summed E-state index contributed by atoms with van der Waals surface area (Å²) in [5, 5.41) is 2.82. The Labute approximate surface area is 121 Å². The van der Waals surface area contributed by atoms with E-state index in [1.54, 1.807) is 0 Å². The highest BCUT2D eigenvalue weighted by Crippen LogP contribution is 2.33. The lowest BCUT2D eigenvalue weighted by molar-refractivity contribution is -0.137. The molecule has 21 heavy (non-hydrogen) atoms. The first kappa shape index (κ1) is 15.6. The van der Waals surface area contributed by atoms with E-state index < -0.39 is 11.7 Å². The third kappa shape index (κ3) is 3.66. The zero-order valence-corrected chi connectivity index (χ0v) is 11.7. The minimum atomic E-state index is -4.37. The molecule has 1 unspecified atom stereocenters. The quantitative estimate of drug-likeness (QED) is 0.896. The second kappa shape index (κ2) is 5.93. The molecule has 1 amide bonds. The molecule has 1 aromatic rings. The lowest BCUT2D eigenvalue weighted by Crippen LogP contribution is -2.35. The Hall–Kier alpha value is -1.76. The van der Waals surface area contributed by atoms with Crippen LogP contribution in [0, 0.1) is 0 Å². The van der Waals surface area contributed by atoms with E-state index in [1.165, 1.54) is 13.0 Å². The van der Waals surface area contributed by atoms with Gasteiger partial charge in [-0.25, -0.2) is 0 Å². The van der Waals surface area contributed by atoms with Crippen LogP contribution in [0.25, 0.3) is 0 Å². The van der Waals surface area contributed by atoms with E-state index in [2.05, 4.69) is 5.32 Å². The summed E-state index contributed by atoms with van der Waals surface area (Å²) in [5.74, 6) is -0.103. The molecule has 4 nitrogen and oxygen atoms in total. The highest BCUT2D eigenvalue weighted by molar-refractivity contribution is 5.73. The van der Waals surface area contributed by atoms with Gasteiger partial charge >= 0.3 is 6.18 Å². The van der Waals surface area contributed by atoms with Crippen LogP contribution in [-0.4, -0.2) is 25.0 Å². The largest absolute Gasteiger partial charge is 0.416 e. The lowest BCUT2D eigenvalue weighted by Gasteiger charge is -2.23. The summed E-state index contributed by atoms with van der Waals surface area (Å²) < 4.78 is 38.2. The first-order chi connectivity index (χ1) is 9.81. The van der Waals surface area contributed by atoms with E-state index in [9.17, 15) is 18.0 Å². The van der Waals surface area contributed by atoms with Crippen molar-refractivity contribution in [2.24, 2.45) is 5.73 Å². The number of amides is 1. The molecule has 1 fully saturated rings. The number of benzene rings is 1. The van der Waals surface area contributed by atoms with Gasteiger partial charge in [0.1, 0.15) is 0 Å². The summed E-state index contributed by atoms with van der Waals surface area (Å²) in [7, 11) is 0. The summed E-state index contributed by atoms with van der Waals surface area (Å²) in [6, 6.07) is 3.65. The number of nitrogens with zero attached hydrogens (tertiary/aromatic N) is 1. The van der Waals surface area contributed by atoms with Crippen molar-refractivity contribution in [1.29, 1.82) is 0 Å². The Balaban J connectivity index is 2.19. The molecule has 1 heterocycles. The van der Waals surface area contributed by atoms with Crippen LogP contribution in [0.2, 0.25) is 0 Å². The third-order valence-corrected chi connectivity index (χ3v) is 3.56. The molecule has 0 saturated carbocycles. The standard InChI is InChI=1S/C14H18F3N3O/c1-9(21)19-12-4-5-20(8-12)13-3-2-11(14(15,16)17)6-10(13)7-18/h2-3,6,12H,4-5,7-8,18H2,1H3,(H,19,21). The number of carbonyl (C=O) groups excluding carboxylic acids is 1. The second-order valence-electron chi connectivity index (χ2n) is 5.18. The summed E-state index contributed by atoms with van der Waals surface area (Å²) in [6.45, 7) is 2.76. The van der Waals surface area contributed by atoms with Crippen LogP contribution < -0.4 is 16.0 Å². The Bertz CT molecular complexity index is 531. The topological polar surface area (TPSA) is 58.4 Å². The molecule has 3 N–H and O–H groups in total. The minimum Gasteiger partial charge on any atom is -0.369 e. The van der Waals surface area contributed by atoms with E-state index in [0.717, 1.165) is 18.6 Å². The molecule has 0 spiro atoms. The number of carbonyl (C=O) groups is 1. The Morgan fingerprint density at radius 2 is 2.19 bits per heavy atom. The van der Waals surface area contributed by atoms with E-state index in [-0.39, 0.29) is 18.5 Å². The summed E-state index contributed by atoms with van der Waals surface area (Å²) in [6.07, 6.45) is -3.60. The van der Waals surface area contributed by atoms with E-state index >= 15 is 0 Å². The van der Waals surface area contributed by atoms with Gasteiger partial charge in [-0.3, -0.25) is 4.79 Å². The third-order valence-electron chi connectivity index (χ3n) is 3.56. The Morgan fingerprint density at radius 1 is 1.48 bits per heavy atom. The fraction of sp³-hybridized carbons (Fsp3) is 0.500. The molecule has 1 aromatic carbocycles. The van der Waals surface area contributed by atoms with Crippen molar-refractivity contribution in [3.05, 3.63) is 29.3 Å². The number of hydrogen-bond donors (Lipinski definition) is 2. The maximum Gasteiger partial charge on any atom is 0.416 e. The molecular weight excluding hydrogens is 283 g/mol. The first-order valence-corrected chi connectivity index (χ1v) is 6.73. The molecule has 1 atom stereocenters. The van der Waals surface area contributed by atoms with Crippen LogP contribution in [0.3, 0.4) is 0 Å². The summed E-state index contributed by atoms with van der Waals surface area (Å²) >= 11 is 0. The minimum absolute atomic E-state index is 0.0235. The van der Waals surface area contributed by atoms with Gasteiger partial charge in [0.2, 0.25) is 5.91 Å². The molecule has 0 aromatic heterocycles. The fourth-order valence-electron chi connectivity index (χ4n) is 2.62. The zero-order valence-electron chi connectivity index (χ0n) is 11.7. The molecule has 0 bridgehead atoms. The average molecular weight is 301 g/mol. The average Bonchev–Trinajstić information content (AvgIpc) is 2.84. The van der Waals surface area contributed by atoms with Crippen molar-refractivity contribution in [3.63, 3.8) is 0 Å². The SMILES string of the molecule is CC(=O)NC1CCN(c2ccc(C(F)(F)F)cc2CN)C1. The normalized spacial score (nSPS) is 18.9. The molecular formula is C14H18F3N3O. The lowest BCUT2D eigenvalue weighted by atomic mass is 10.1. The molecule has 1 saturated heterocycles. The molecule has 116 valence electrons. The van der Waals surface area contributed by atoms with Gasteiger partial charge in [0.05, 0.1) is 5.56 Å². The van der Waals surface area contributed by atoms with Gasteiger partial charge in [0.25, 0.3) is 0 Å². The monoisotopic (exact) mass is 301 g/mol. The fourth-order valence-corrected chi connectivity index (χ4v) is 2.62. The van der Waals surface area contributed by atoms with Crippen molar-refractivity contribution in [2.45, 2.75) is 32.1 Å². The highest BCUT2D eigenvalue weighted by Gasteiger charge is 2.32. The number of rotatable bonds is 3. The van der Waals surface area contributed by atoms with Crippen LogP contribution in [-0.2, 0) is 17.5 Å².